The molecule has 1 unspecified atom stereocenters. The Morgan fingerprint density at radius 2 is 1.94 bits per heavy atom. The number of aryl methyl sites for hydroxylation is 1. The van der Waals surface area contributed by atoms with Gasteiger partial charge in [-0.3, -0.25) is 19.1 Å². The second-order valence-corrected chi connectivity index (χ2v) is 9.04. The van der Waals surface area contributed by atoms with Gasteiger partial charge in [0.15, 0.2) is 5.60 Å². The Labute approximate surface area is 184 Å². The molecule has 0 saturated carbocycles. The van der Waals surface area contributed by atoms with Gasteiger partial charge in [-0.2, -0.15) is 18.3 Å². The molecule has 2 N–H and O–H groups in total. The number of carbonyl (C=O) groups is 1. The first-order valence-electron chi connectivity index (χ1n) is 9.29. The van der Waals surface area contributed by atoms with Gasteiger partial charge in [0.2, 0.25) is 11.8 Å². The first-order valence-corrected chi connectivity index (χ1v) is 10.8. The zero-order chi connectivity index (χ0) is 24.2. The monoisotopic (exact) mass is 486 g/mol. The molecule has 3 aromatic rings. The van der Waals surface area contributed by atoms with Crippen LogP contribution in [0.4, 0.5) is 24.7 Å². The quantitative estimate of drug-likeness (QED) is 0.549. The number of hydrogen-bond donors (Lipinski definition) is 2. The number of ether oxygens (including phenoxy) is 1. The lowest BCUT2D eigenvalue weighted by Crippen LogP contribution is -2.47. The number of anilines is 2. The van der Waals surface area contributed by atoms with Gasteiger partial charge in [-0.05, 0) is 12.1 Å². The van der Waals surface area contributed by atoms with Crippen LogP contribution < -0.4 is 14.4 Å². The molecular weight excluding hydrogens is 469 g/mol. The first-order chi connectivity index (χ1) is 15.4. The molecule has 0 radical (unpaired) electrons. The molecule has 4 rings (SSSR count). The number of fused-ring (bicyclic) bond motifs is 1. The smallest absolute Gasteiger partial charge is 0.419 e. The molecule has 15 heteroatoms. The van der Waals surface area contributed by atoms with Gasteiger partial charge in [0.1, 0.15) is 16.4 Å². The van der Waals surface area contributed by atoms with Crippen LogP contribution in [0.1, 0.15) is 6.42 Å². The molecule has 33 heavy (non-hydrogen) atoms. The van der Waals surface area contributed by atoms with E-state index in [0.29, 0.717) is 15.8 Å². The van der Waals surface area contributed by atoms with Crippen LogP contribution in [0.15, 0.2) is 35.6 Å². The lowest BCUT2D eigenvalue weighted by atomic mass is 10.0. The van der Waals surface area contributed by atoms with E-state index in [1.807, 2.05) is 0 Å². The molecule has 1 fully saturated rings. The van der Waals surface area contributed by atoms with Crippen LogP contribution in [-0.2, 0) is 21.9 Å². The standard InChI is InChI=1S/C18H17F3N6O5S/c1-26-15-10(7-24-26)6-23-16(32-2)14(15)25-33(30,31)11-3-4-12(22-8-11)27-9-17(29,5-13(27)28)18(19,20)21/h3-4,6-8,25,29H,5,9H2,1-2H3. The highest BCUT2D eigenvalue weighted by atomic mass is 32.2. The van der Waals surface area contributed by atoms with E-state index >= 15 is 0 Å². The Morgan fingerprint density at radius 1 is 1.21 bits per heavy atom. The van der Waals surface area contributed by atoms with Crippen LogP contribution in [0, 0.1) is 0 Å². The number of halogens is 3. The maximum atomic E-state index is 13.1. The number of carbonyl (C=O) groups excluding carboxylic acids is 1. The average molecular weight is 486 g/mol. The summed E-state index contributed by atoms with van der Waals surface area (Å²) < 4.78 is 74.0. The van der Waals surface area contributed by atoms with E-state index in [0.717, 1.165) is 18.3 Å². The molecule has 11 nitrogen and oxygen atoms in total. The summed E-state index contributed by atoms with van der Waals surface area (Å²) >= 11 is 0. The number of nitrogens with one attached hydrogen (secondary N) is 1. The van der Waals surface area contributed by atoms with Crippen LogP contribution in [0.25, 0.3) is 10.9 Å². The molecule has 0 spiro atoms. The third-order valence-corrected chi connectivity index (χ3v) is 6.50. The maximum absolute atomic E-state index is 13.1. The predicted octanol–water partition coefficient (Wildman–Crippen LogP) is 1.20. The van der Waals surface area contributed by atoms with E-state index in [-0.39, 0.29) is 22.3 Å². The van der Waals surface area contributed by atoms with Crippen molar-refractivity contribution in [1.29, 1.82) is 0 Å². The topological polar surface area (TPSA) is 140 Å². The molecule has 1 atom stereocenters. The number of nitrogens with zero attached hydrogens (tertiary/aromatic N) is 5. The van der Waals surface area contributed by atoms with Gasteiger partial charge in [-0.1, -0.05) is 0 Å². The number of aliphatic hydroxyl groups is 1. The van der Waals surface area contributed by atoms with Crippen molar-refractivity contribution in [3.05, 3.63) is 30.7 Å². The summed E-state index contributed by atoms with van der Waals surface area (Å²) in [6.07, 6.45) is -2.32. The summed E-state index contributed by atoms with van der Waals surface area (Å²) in [6.45, 7) is -1.04. The Kier molecular flexibility index (Phi) is 5.20. The molecule has 3 aromatic heterocycles. The largest absolute Gasteiger partial charge is 0.479 e. The van der Waals surface area contributed by atoms with Crippen molar-refractivity contribution in [1.82, 2.24) is 19.7 Å². The van der Waals surface area contributed by atoms with E-state index in [9.17, 15) is 31.5 Å². The van der Waals surface area contributed by atoms with E-state index in [1.165, 1.54) is 24.2 Å². The minimum atomic E-state index is -5.01. The molecule has 4 heterocycles. The van der Waals surface area contributed by atoms with Crippen LogP contribution in [0.5, 0.6) is 5.88 Å². The fourth-order valence-electron chi connectivity index (χ4n) is 3.43. The minimum Gasteiger partial charge on any atom is -0.479 e. The third kappa shape index (κ3) is 3.82. The second-order valence-electron chi connectivity index (χ2n) is 7.36. The van der Waals surface area contributed by atoms with Gasteiger partial charge in [0.25, 0.3) is 10.0 Å². The molecule has 0 aromatic carbocycles. The second kappa shape index (κ2) is 7.55. The number of β-amino-alcohol motifs (C(OH)–C–C–N with tert-alkyl or cyclic N) is 1. The van der Waals surface area contributed by atoms with Crippen LogP contribution in [0.2, 0.25) is 0 Å². The average Bonchev–Trinajstić information content (AvgIpc) is 3.28. The number of rotatable bonds is 5. The van der Waals surface area contributed by atoms with E-state index in [4.69, 9.17) is 4.74 Å². The number of sulfonamides is 1. The molecule has 176 valence electrons. The molecule has 1 aliphatic heterocycles. The fraction of sp³-hybridized carbons (Fsp3) is 0.333. The highest BCUT2D eigenvalue weighted by molar-refractivity contribution is 7.92. The number of amides is 1. The normalized spacial score (nSPS) is 19.3. The number of alkyl halides is 3. The molecule has 1 saturated heterocycles. The summed E-state index contributed by atoms with van der Waals surface area (Å²) in [5, 5.41) is 14.4. The van der Waals surface area contributed by atoms with Crippen molar-refractivity contribution < 1.29 is 36.2 Å². The lowest BCUT2D eigenvalue weighted by molar-refractivity contribution is -0.250. The maximum Gasteiger partial charge on any atom is 0.419 e. The summed E-state index contributed by atoms with van der Waals surface area (Å²) in [4.78, 5) is 20.2. The van der Waals surface area contributed by atoms with Crippen molar-refractivity contribution in [3.8, 4) is 5.88 Å². The van der Waals surface area contributed by atoms with Gasteiger partial charge in [0, 0.05) is 24.8 Å². The summed E-state index contributed by atoms with van der Waals surface area (Å²) in [5.74, 6) is -1.23. The van der Waals surface area contributed by atoms with E-state index in [2.05, 4.69) is 19.8 Å². The number of aromatic nitrogens is 4. The van der Waals surface area contributed by atoms with Crippen molar-refractivity contribution in [3.63, 3.8) is 0 Å². The summed E-state index contributed by atoms with van der Waals surface area (Å²) in [5.41, 5.74) is -2.77. The molecule has 1 aliphatic rings. The summed E-state index contributed by atoms with van der Waals surface area (Å²) in [6, 6.07) is 2.15. The van der Waals surface area contributed by atoms with Crippen molar-refractivity contribution in [2.45, 2.75) is 23.1 Å². The highest BCUT2D eigenvalue weighted by Gasteiger charge is 2.60. The SMILES string of the molecule is COc1ncc2cnn(C)c2c1NS(=O)(=O)c1ccc(N2CC(O)(C(F)(F)F)CC2=O)nc1. The van der Waals surface area contributed by atoms with E-state index in [1.54, 1.807) is 7.05 Å². The first kappa shape index (κ1) is 22.7. The van der Waals surface area contributed by atoms with Crippen molar-refractivity contribution in [2.24, 2.45) is 7.05 Å². The number of hydrogen-bond acceptors (Lipinski definition) is 8. The van der Waals surface area contributed by atoms with Crippen LogP contribution in [0.3, 0.4) is 0 Å². The lowest BCUT2D eigenvalue weighted by Gasteiger charge is -2.25. The number of pyridine rings is 2. The van der Waals surface area contributed by atoms with Gasteiger partial charge in [-0.15, -0.1) is 0 Å². The highest BCUT2D eigenvalue weighted by Crippen LogP contribution is 2.39. The third-order valence-electron chi connectivity index (χ3n) is 5.17. The van der Waals surface area contributed by atoms with Gasteiger partial charge < -0.3 is 9.84 Å². The molecule has 1 amide bonds. The summed E-state index contributed by atoms with van der Waals surface area (Å²) in [7, 11) is -1.32. The van der Waals surface area contributed by atoms with E-state index < -0.39 is 40.7 Å². The molecule has 0 bridgehead atoms. The van der Waals surface area contributed by atoms with Crippen LogP contribution >= 0.6 is 0 Å². The molecular formula is C18H17F3N6O5S. The zero-order valence-electron chi connectivity index (χ0n) is 17.2. The van der Waals surface area contributed by atoms with Crippen molar-refractivity contribution in [2.75, 3.05) is 23.3 Å². The Hall–Kier alpha value is -3.46. The Bertz CT molecular complexity index is 1340. The zero-order valence-corrected chi connectivity index (χ0v) is 18.0. The minimum absolute atomic E-state index is 0.00615. The predicted molar refractivity (Wildman–Crippen MR) is 108 cm³/mol. The van der Waals surface area contributed by atoms with Gasteiger partial charge >= 0.3 is 6.18 Å². The fourth-order valence-corrected chi connectivity index (χ4v) is 4.44. The van der Waals surface area contributed by atoms with Crippen molar-refractivity contribution >= 4 is 38.3 Å². The Morgan fingerprint density at radius 3 is 2.52 bits per heavy atom. The molecule has 0 aliphatic carbocycles. The van der Waals surface area contributed by atoms with Crippen LogP contribution in [-0.4, -0.2) is 64.6 Å². The number of methoxy groups -OCH3 is 1. The Balaban J connectivity index is 1.63. The van der Waals surface area contributed by atoms with Gasteiger partial charge in [0.05, 0.1) is 31.8 Å². The van der Waals surface area contributed by atoms with Gasteiger partial charge in [-0.25, -0.2) is 18.4 Å².